The molecule has 6 heteroatoms. The van der Waals surface area contributed by atoms with Crippen LogP contribution in [0.4, 0.5) is 4.79 Å². The predicted molar refractivity (Wildman–Crippen MR) is 59.3 cm³/mol. The van der Waals surface area contributed by atoms with Crippen LogP contribution in [0.3, 0.4) is 0 Å². The van der Waals surface area contributed by atoms with Crippen molar-refractivity contribution in [3.8, 4) is 0 Å². The van der Waals surface area contributed by atoms with Gasteiger partial charge in [-0.25, -0.2) is 4.79 Å². The Balaban J connectivity index is 0.000000487. The van der Waals surface area contributed by atoms with E-state index in [2.05, 4.69) is 0 Å². The van der Waals surface area contributed by atoms with E-state index < -0.39 is 12.1 Å². The van der Waals surface area contributed by atoms with Crippen LogP contribution in [0.1, 0.15) is 27.2 Å². The van der Waals surface area contributed by atoms with E-state index in [0.717, 1.165) is 13.3 Å². The van der Waals surface area contributed by atoms with Gasteiger partial charge in [0.25, 0.3) is 5.97 Å². The highest BCUT2D eigenvalue weighted by Crippen LogP contribution is 2.20. The monoisotopic (exact) mass is 232 g/mol. The van der Waals surface area contributed by atoms with E-state index in [-0.39, 0.29) is 18.0 Å². The maximum absolute atomic E-state index is 10.7. The molecule has 94 valence electrons. The van der Waals surface area contributed by atoms with Crippen molar-refractivity contribution in [1.82, 2.24) is 4.90 Å². The third-order valence-electron chi connectivity index (χ3n) is 2.61. The number of nitrogens with zero attached hydrogens (tertiary/aromatic N) is 1. The minimum Gasteiger partial charge on any atom is -0.481 e. The number of piperidine rings is 1. The molecule has 0 aliphatic carbocycles. The second kappa shape index (κ2) is 6.32. The fourth-order valence-corrected chi connectivity index (χ4v) is 1.65. The molecular weight excluding hydrogens is 212 g/mol. The highest BCUT2D eigenvalue weighted by atomic mass is 16.4. The van der Waals surface area contributed by atoms with Crippen molar-refractivity contribution >= 4 is 12.1 Å². The lowest BCUT2D eigenvalue weighted by molar-refractivity contribution is -0.134. The number of hydrogen-bond donors (Lipinski definition) is 3. The molecule has 1 rings (SSSR count). The van der Waals surface area contributed by atoms with Crippen molar-refractivity contribution in [3.63, 3.8) is 0 Å². The number of rotatable bonds is 0. The molecular formula is C10H20N2O4. The summed E-state index contributed by atoms with van der Waals surface area (Å²) in [5.74, 6) is -0.558. The molecule has 1 fully saturated rings. The molecule has 1 unspecified atom stereocenters. The van der Waals surface area contributed by atoms with E-state index in [1.165, 1.54) is 4.90 Å². The van der Waals surface area contributed by atoms with Gasteiger partial charge in [-0.2, -0.15) is 0 Å². The molecule has 0 radical (unpaired) electrons. The zero-order valence-corrected chi connectivity index (χ0v) is 9.88. The van der Waals surface area contributed by atoms with Crippen LogP contribution in [0.15, 0.2) is 0 Å². The Morgan fingerprint density at radius 1 is 1.31 bits per heavy atom. The van der Waals surface area contributed by atoms with Gasteiger partial charge in [-0.1, -0.05) is 6.92 Å². The first-order valence-corrected chi connectivity index (χ1v) is 5.20. The lowest BCUT2D eigenvalue weighted by atomic mass is 9.91. The van der Waals surface area contributed by atoms with Crippen LogP contribution in [0, 0.1) is 5.92 Å². The van der Waals surface area contributed by atoms with Crippen LogP contribution in [0.2, 0.25) is 0 Å². The Kier molecular flexibility index (Phi) is 5.81. The average molecular weight is 232 g/mol. The summed E-state index contributed by atoms with van der Waals surface area (Å²) in [7, 11) is 0. The van der Waals surface area contributed by atoms with E-state index in [1.807, 2.05) is 13.8 Å². The summed E-state index contributed by atoms with van der Waals surface area (Å²) in [6.45, 7) is 5.55. The van der Waals surface area contributed by atoms with Crippen molar-refractivity contribution in [2.75, 3.05) is 6.54 Å². The fraction of sp³-hybridized carbons (Fsp3) is 0.800. The molecule has 0 saturated carbocycles. The van der Waals surface area contributed by atoms with E-state index in [9.17, 15) is 4.79 Å². The summed E-state index contributed by atoms with van der Waals surface area (Å²) in [6.07, 6.45) is -0.0609. The Hall–Kier alpha value is -1.30. The van der Waals surface area contributed by atoms with Gasteiger partial charge in [0.1, 0.15) is 0 Å². The third kappa shape index (κ3) is 4.97. The Bertz CT molecular complexity index is 253. The van der Waals surface area contributed by atoms with Gasteiger partial charge in [0.15, 0.2) is 0 Å². The van der Waals surface area contributed by atoms with Crippen molar-refractivity contribution in [2.45, 2.75) is 39.3 Å². The minimum absolute atomic E-state index is 0.0636. The highest BCUT2D eigenvalue weighted by molar-refractivity contribution is 5.65. The molecule has 0 aromatic rings. The number of carbonyl (C=O) groups is 2. The van der Waals surface area contributed by atoms with E-state index in [4.69, 9.17) is 20.7 Å². The molecule has 6 nitrogen and oxygen atoms in total. The number of carboxylic acids is 1. The molecule has 4 N–H and O–H groups in total. The molecule has 3 atom stereocenters. The maximum atomic E-state index is 10.7. The molecule has 16 heavy (non-hydrogen) atoms. The van der Waals surface area contributed by atoms with E-state index in [0.29, 0.717) is 6.54 Å². The molecule has 0 aromatic heterocycles. The lowest BCUT2D eigenvalue weighted by Gasteiger charge is -2.38. The molecule has 1 heterocycles. The molecule has 0 spiro atoms. The first kappa shape index (κ1) is 14.7. The summed E-state index contributed by atoms with van der Waals surface area (Å²) in [5.41, 5.74) is 5.81. The van der Waals surface area contributed by atoms with Crippen LogP contribution in [-0.4, -0.2) is 45.8 Å². The van der Waals surface area contributed by atoms with Gasteiger partial charge >= 0.3 is 6.09 Å². The smallest absolute Gasteiger partial charge is 0.407 e. The highest BCUT2D eigenvalue weighted by Gasteiger charge is 2.31. The lowest BCUT2D eigenvalue weighted by Crippen LogP contribution is -2.52. The Morgan fingerprint density at radius 2 is 1.75 bits per heavy atom. The number of likely N-dealkylation sites (tertiary alicyclic amines) is 1. The van der Waals surface area contributed by atoms with Gasteiger partial charge in [0.2, 0.25) is 0 Å². The molecule has 1 amide bonds. The zero-order chi connectivity index (χ0) is 12.9. The third-order valence-corrected chi connectivity index (χ3v) is 2.61. The number of aliphatic carboxylic acids is 1. The Morgan fingerprint density at radius 3 is 2.12 bits per heavy atom. The molecule has 0 bridgehead atoms. The summed E-state index contributed by atoms with van der Waals surface area (Å²) in [4.78, 5) is 21.2. The van der Waals surface area contributed by atoms with Crippen LogP contribution in [-0.2, 0) is 4.79 Å². The minimum atomic E-state index is -0.833. The van der Waals surface area contributed by atoms with E-state index in [1.54, 1.807) is 0 Å². The number of nitrogens with two attached hydrogens (primary N) is 1. The first-order valence-electron chi connectivity index (χ1n) is 5.20. The van der Waals surface area contributed by atoms with Gasteiger partial charge in [0.05, 0.1) is 0 Å². The van der Waals surface area contributed by atoms with Gasteiger partial charge in [0, 0.05) is 25.6 Å². The zero-order valence-electron chi connectivity index (χ0n) is 9.88. The standard InChI is InChI=1S/C8H16N2O2.C2H4O2/c1-5-4-10(8(11)12)6(2)3-7(5)9;1-2(3)4/h5-7H,3-4,9H2,1-2H3,(H,11,12);1H3,(H,3,4)/t5-,6+,7?;/m0./s1. The first-order chi connectivity index (χ1) is 7.25. The van der Waals surface area contributed by atoms with Gasteiger partial charge < -0.3 is 20.8 Å². The van der Waals surface area contributed by atoms with Crippen LogP contribution < -0.4 is 5.73 Å². The molecule has 1 aliphatic heterocycles. The second-order valence-electron chi connectivity index (χ2n) is 4.18. The van der Waals surface area contributed by atoms with Crippen molar-refractivity contribution in [2.24, 2.45) is 11.7 Å². The topological polar surface area (TPSA) is 104 Å². The largest absolute Gasteiger partial charge is 0.481 e. The quantitative estimate of drug-likeness (QED) is 0.573. The van der Waals surface area contributed by atoms with Gasteiger partial charge in [-0.15, -0.1) is 0 Å². The molecule has 1 saturated heterocycles. The SMILES string of the molecule is CC(=O)O.C[C@@H]1CC(N)[C@@H](C)CN1C(=O)O. The predicted octanol–water partition coefficient (Wildman–Crippen LogP) is 0.813. The van der Waals surface area contributed by atoms with E-state index >= 15 is 0 Å². The fourth-order valence-electron chi connectivity index (χ4n) is 1.65. The summed E-state index contributed by atoms with van der Waals surface area (Å²) >= 11 is 0. The van der Waals surface area contributed by atoms with Crippen LogP contribution >= 0.6 is 0 Å². The number of hydrogen-bond acceptors (Lipinski definition) is 3. The summed E-state index contributed by atoms with van der Waals surface area (Å²) in [6, 6.07) is 0.212. The average Bonchev–Trinajstić information content (AvgIpc) is 2.09. The Labute approximate surface area is 95.0 Å². The van der Waals surface area contributed by atoms with Gasteiger partial charge in [-0.3, -0.25) is 4.79 Å². The number of carboxylic acid groups (broad SMARTS) is 2. The summed E-state index contributed by atoms with van der Waals surface area (Å²) in [5, 5.41) is 16.2. The normalized spacial score (nSPS) is 29.0. The maximum Gasteiger partial charge on any atom is 0.407 e. The van der Waals surface area contributed by atoms with Crippen molar-refractivity contribution in [1.29, 1.82) is 0 Å². The second-order valence-corrected chi connectivity index (χ2v) is 4.18. The number of amides is 1. The van der Waals surface area contributed by atoms with Crippen molar-refractivity contribution < 1.29 is 19.8 Å². The van der Waals surface area contributed by atoms with Crippen LogP contribution in [0.25, 0.3) is 0 Å². The molecule has 0 aromatic carbocycles. The van der Waals surface area contributed by atoms with Crippen LogP contribution in [0.5, 0.6) is 0 Å². The van der Waals surface area contributed by atoms with Crippen molar-refractivity contribution in [3.05, 3.63) is 0 Å². The summed E-state index contributed by atoms with van der Waals surface area (Å²) < 4.78 is 0. The van der Waals surface area contributed by atoms with Gasteiger partial charge in [-0.05, 0) is 19.3 Å². The molecule has 1 aliphatic rings.